The molecule has 5 heteroatoms. The first-order valence-electron chi connectivity index (χ1n) is 6.64. The monoisotopic (exact) mass is 290 g/mol. The quantitative estimate of drug-likeness (QED) is 0.693. The summed E-state index contributed by atoms with van der Waals surface area (Å²) in [6.07, 6.45) is 5.64. The zero-order valence-corrected chi connectivity index (χ0v) is 11.7. The molecule has 0 spiro atoms. The Morgan fingerprint density at radius 1 is 1.10 bits per heavy atom. The van der Waals surface area contributed by atoms with E-state index in [0.717, 1.165) is 12.8 Å². The lowest BCUT2D eigenvalue weighted by molar-refractivity contribution is 0.0660. The first-order valence-corrected chi connectivity index (χ1v) is 7.46. The smallest absolute Gasteiger partial charge is 0.371 e. The fraction of sp³-hybridized carbons (Fsp3) is 0.333. The van der Waals surface area contributed by atoms with Gasteiger partial charge < -0.3 is 9.52 Å². The van der Waals surface area contributed by atoms with Crippen molar-refractivity contribution < 1.29 is 19.1 Å². The molecular formula is C15H14O4S. The maximum Gasteiger partial charge on any atom is 0.371 e. The highest BCUT2D eigenvalue weighted by Gasteiger charge is 2.21. The number of furan rings is 1. The van der Waals surface area contributed by atoms with E-state index in [4.69, 9.17) is 9.52 Å². The molecule has 2 heterocycles. The molecule has 0 aliphatic heterocycles. The van der Waals surface area contributed by atoms with Crippen LogP contribution in [0.15, 0.2) is 22.6 Å². The lowest BCUT2D eigenvalue weighted by Gasteiger charge is -1.94. The minimum atomic E-state index is -1.16. The van der Waals surface area contributed by atoms with Gasteiger partial charge in [-0.25, -0.2) is 4.79 Å². The zero-order valence-electron chi connectivity index (χ0n) is 10.8. The van der Waals surface area contributed by atoms with Crippen molar-refractivity contribution in [3.05, 3.63) is 45.0 Å². The molecule has 1 N–H and O–H groups in total. The van der Waals surface area contributed by atoms with Crippen molar-refractivity contribution in [2.75, 3.05) is 0 Å². The van der Waals surface area contributed by atoms with E-state index >= 15 is 0 Å². The number of aromatic carboxylic acids is 1. The van der Waals surface area contributed by atoms with Gasteiger partial charge in [-0.05, 0) is 49.4 Å². The van der Waals surface area contributed by atoms with Crippen molar-refractivity contribution in [3.63, 3.8) is 0 Å². The molecule has 0 radical (unpaired) electrons. The van der Waals surface area contributed by atoms with E-state index in [1.54, 1.807) is 0 Å². The molecule has 104 valence electrons. The molecule has 0 bridgehead atoms. The SMILES string of the molecule is O=C(O)c1ccc(C(=O)c2cc3c(s2)CCCCC3)o1. The number of aryl methyl sites for hydroxylation is 2. The average molecular weight is 290 g/mol. The molecule has 0 fully saturated rings. The van der Waals surface area contributed by atoms with Crippen LogP contribution in [0.25, 0.3) is 0 Å². The highest BCUT2D eigenvalue weighted by atomic mass is 32.1. The van der Waals surface area contributed by atoms with E-state index in [-0.39, 0.29) is 17.3 Å². The van der Waals surface area contributed by atoms with Crippen LogP contribution in [0, 0.1) is 0 Å². The first-order chi connectivity index (χ1) is 9.65. The second-order valence-electron chi connectivity index (χ2n) is 4.92. The normalized spacial score (nSPS) is 14.6. The third kappa shape index (κ3) is 2.41. The van der Waals surface area contributed by atoms with Gasteiger partial charge in [0, 0.05) is 4.88 Å². The summed E-state index contributed by atoms with van der Waals surface area (Å²) < 4.78 is 5.08. The van der Waals surface area contributed by atoms with Gasteiger partial charge in [0.15, 0.2) is 5.76 Å². The molecule has 2 aromatic heterocycles. The third-order valence-corrected chi connectivity index (χ3v) is 4.75. The zero-order chi connectivity index (χ0) is 14.1. The Morgan fingerprint density at radius 3 is 2.60 bits per heavy atom. The number of carbonyl (C=O) groups is 2. The van der Waals surface area contributed by atoms with E-state index < -0.39 is 5.97 Å². The Balaban J connectivity index is 1.88. The Bertz CT molecular complexity index is 642. The maximum atomic E-state index is 12.3. The first kappa shape index (κ1) is 13.1. The number of carboxylic acids is 1. The van der Waals surface area contributed by atoms with Crippen molar-refractivity contribution in [2.45, 2.75) is 32.1 Å². The van der Waals surface area contributed by atoms with Crippen LogP contribution in [0.3, 0.4) is 0 Å². The molecule has 20 heavy (non-hydrogen) atoms. The standard InChI is InChI=1S/C15H14O4S/c16-14(10-6-7-11(19-10)15(17)18)13-8-9-4-2-1-3-5-12(9)20-13/h6-8H,1-5H2,(H,17,18). The van der Waals surface area contributed by atoms with Crippen LogP contribution in [0.4, 0.5) is 0 Å². The molecule has 0 unspecified atom stereocenters. The molecule has 0 atom stereocenters. The Morgan fingerprint density at radius 2 is 1.85 bits per heavy atom. The molecular weight excluding hydrogens is 276 g/mol. The van der Waals surface area contributed by atoms with Gasteiger partial charge >= 0.3 is 5.97 Å². The Kier molecular flexibility index (Phi) is 3.44. The molecule has 1 aliphatic rings. The van der Waals surface area contributed by atoms with Crippen LogP contribution in [-0.4, -0.2) is 16.9 Å². The highest BCUT2D eigenvalue weighted by Crippen LogP contribution is 2.30. The van der Waals surface area contributed by atoms with Crippen LogP contribution >= 0.6 is 11.3 Å². The number of hydrogen-bond donors (Lipinski definition) is 1. The number of rotatable bonds is 3. The van der Waals surface area contributed by atoms with E-state index in [2.05, 4.69) is 0 Å². The van der Waals surface area contributed by atoms with E-state index in [1.165, 1.54) is 53.2 Å². The second-order valence-corrected chi connectivity index (χ2v) is 6.05. The van der Waals surface area contributed by atoms with Gasteiger partial charge in [0.2, 0.25) is 11.5 Å². The molecule has 2 aromatic rings. The number of ketones is 1. The third-order valence-electron chi connectivity index (χ3n) is 3.51. The number of carbonyl (C=O) groups excluding carboxylic acids is 1. The second kappa shape index (κ2) is 5.25. The largest absolute Gasteiger partial charge is 0.475 e. The van der Waals surface area contributed by atoms with Gasteiger partial charge in [-0.3, -0.25) is 4.79 Å². The summed E-state index contributed by atoms with van der Waals surface area (Å²) in [4.78, 5) is 25.0. The summed E-state index contributed by atoms with van der Waals surface area (Å²) in [7, 11) is 0. The number of fused-ring (bicyclic) bond motifs is 1. The summed E-state index contributed by atoms with van der Waals surface area (Å²) >= 11 is 1.51. The summed E-state index contributed by atoms with van der Waals surface area (Å²) in [5, 5.41) is 8.81. The van der Waals surface area contributed by atoms with Gasteiger partial charge in [0.1, 0.15) is 0 Å². The number of hydrogen-bond acceptors (Lipinski definition) is 4. The van der Waals surface area contributed by atoms with Crippen molar-refractivity contribution in [3.8, 4) is 0 Å². The maximum absolute atomic E-state index is 12.3. The van der Waals surface area contributed by atoms with Gasteiger partial charge in [-0.15, -0.1) is 11.3 Å². The fourth-order valence-electron chi connectivity index (χ4n) is 2.48. The minimum Gasteiger partial charge on any atom is -0.475 e. The van der Waals surface area contributed by atoms with Crippen LogP contribution in [0.2, 0.25) is 0 Å². The lowest BCUT2D eigenvalue weighted by Crippen LogP contribution is -1.97. The van der Waals surface area contributed by atoms with Crippen LogP contribution in [0.5, 0.6) is 0 Å². The molecule has 1 aliphatic carbocycles. The van der Waals surface area contributed by atoms with Gasteiger partial charge in [-0.2, -0.15) is 0 Å². The van der Waals surface area contributed by atoms with Gasteiger partial charge in [-0.1, -0.05) is 6.42 Å². The van der Waals surface area contributed by atoms with E-state index in [1.807, 2.05) is 6.07 Å². The molecule has 0 aromatic carbocycles. The predicted octanol–water partition coefficient (Wildman–Crippen LogP) is 3.54. The minimum absolute atomic E-state index is 0.0961. The molecule has 0 saturated heterocycles. The summed E-state index contributed by atoms with van der Waals surface area (Å²) in [6.45, 7) is 0. The molecule has 0 amide bonds. The Labute approximate surface area is 120 Å². The Hall–Kier alpha value is -1.88. The van der Waals surface area contributed by atoms with Crippen LogP contribution in [0.1, 0.15) is 55.7 Å². The topological polar surface area (TPSA) is 67.5 Å². The van der Waals surface area contributed by atoms with Gasteiger partial charge in [0.05, 0.1) is 4.88 Å². The summed E-state index contributed by atoms with van der Waals surface area (Å²) in [5.41, 5.74) is 1.26. The highest BCUT2D eigenvalue weighted by molar-refractivity contribution is 7.14. The van der Waals surface area contributed by atoms with Gasteiger partial charge in [0.25, 0.3) is 0 Å². The van der Waals surface area contributed by atoms with E-state index in [0.29, 0.717) is 4.88 Å². The molecule has 3 rings (SSSR count). The van der Waals surface area contributed by atoms with Crippen molar-refractivity contribution >= 4 is 23.1 Å². The number of thiophene rings is 1. The van der Waals surface area contributed by atoms with Crippen LogP contribution in [-0.2, 0) is 12.8 Å². The molecule has 0 saturated carbocycles. The van der Waals surface area contributed by atoms with E-state index in [9.17, 15) is 9.59 Å². The van der Waals surface area contributed by atoms with Crippen LogP contribution < -0.4 is 0 Å². The van der Waals surface area contributed by atoms with Crippen molar-refractivity contribution in [1.82, 2.24) is 0 Å². The lowest BCUT2D eigenvalue weighted by atomic mass is 10.1. The summed E-state index contributed by atoms with van der Waals surface area (Å²) in [5.74, 6) is -1.49. The summed E-state index contributed by atoms with van der Waals surface area (Å²) in [6, 6.07) is 4.68. The fourth-order valence-corrected chi connectivity index (χ4v) is 3.67. The average Bonchev–Trinajstić information content (AvgIpc) is 3.01. The predicted molar refractivity (Wildman–Crippen MR) is 74.7 cm³/mol. The van der Waals surface area contributed by atoms with Crippen molar-refractivity contribution in [1.29, 1.82) is 0 Å². The number of carboxylic acid groups (broad SMARTS) is 1. The van der Waals surface area contributed by atoms with Crippen molar-refractivity contribution in [2.24, 2.45) is 0 Å². The molecule has 4 nitrogen and oxygen atoms in total.